The van der Waals surface area contributed by atoms with Crippen molar-refractivity contribution < 1.29 is 32.9 Å². The van der Waals surface area contributed by atoms with Crippen LogP contribution in [0.2, 0.25) is 0 Å². The van der Waals surface area contributed by atoms with Crippen LogP contribution in [0, 0.1) is 0 Å². The third-order valence-electron chi connectivity index (χ3n) is 15.3. The van der Waals surface area contributed by atoms with Crippen molar-refractivity contribution in [2.24, 2.45) is 0 Å². The summed E-state index contributed by atoms with van der Waals surface area (Å²) < 4.78 is 23.4. The van der Waals surface area contributed by atoms with Gasteiger partial charge in [-0.05, 0) is 135 Å². The number of carbonyl (C=O) groups excluding carboxylic acids is 1. The topological polar surface area (TPSA) is 108 Å². The Kier molecular flexibility index (Phi) is 66.5. The van der Waals surface area contributed by atoms with E-state index in [1.165, 1.54) is 135 Å². The van der Waals surface area contributed by atoms with E-state index in [-0.39, 0.29) is 18.9 Å². The zero-order valence-corrected chi connectivity index (χ0v) is 59.9. The molecule has 0 aliphatic rings. The first-order valence-electron chi connectivity index (χ1n) is 36.6. The molecule has 1 amide bonds. The van der Waals surface area contributed by atoms with E-state index in [2.05, 4.69) is 189 Å². The lowest BCUT2D eigenvalue weighted by Crippen LogP contribution is -2.45. The number of hydrogen-bond acceptors (Lipinski definition) is 6. The minimum atomic E-state index is -4.64. The summed E-state index contributed by atoms with van der Waals surface area (Å²) in [6.45, 7) is 4.47. The minimum absolute atomic E-state index is 0.0277. The molecule has 0 aromatic heterocycles. The predicted molar refractivity (Wildman–Crippen MR) is 398 cm³/mol. The summed E-state index contributed by atoms with van der Waals surface area (Å²) in [6.07, 6.45) is 112. The summed E-state index contributed by atoms with van der Waals surface area (Å²) in [7, 11) is 1.18. The van der Waals surface area contributed by atoms with E-state index < -0.39 is 26.6 Å². The zero-order valence-electron chi connectivity index (χ0n) is 59.0. The van der Waals surface area contributed by atoms with E-state index in [4.69, 9.17) is 9.05 Å². The highest BCUT2D eigenvalue weighted by Gasteiger charge is 2.23. The van der Waals surface area contributed by atoms with Crippen molar-refractivity contribution in [2.75, 3.05) is 40.9 Å². The quantitative estimate of drug-likeness (QED) is 0.0272. The van der Waals surface area contributed by atoms with Gasteiger partial charge in [0.2, 0.25) is 5.91 Å². The van der Waals surface area contributed by atoms with Crippen LogP contribution in [0.15, 0.2) is 182 Å². The van der Waals surface area contributed by atoms with Gasteiger partial charge >= 0.3 is 0 Å². The third kappa shape index (κ3) is 72.9. The number of hydrogen-bond donors (Lipinski definition) is 2. The van der Waals surface area contributed by atoms with Gasteiger partial charge in [0.25, 0.3) is 7.82 Å². The van der Waals surface area contributed by atoms with Crippen molar-refractivity contribution in [3.63, 3.8) is 0 Å². The van der Waals surface area contributed by atoms with E-state index >= 15 is 0 Å². The highest BCUT2D eigenvalue weighted by molar-refractivity contribution is 7.45. The normalized spacial score (nSPS) is 14.7. The molecule has 0 aliphatic carbocycles. The molecular weight excluding hydrogens is 1140 g/mol. The van der Waals surface area contributed by atoms with Crippen molar-refractivity contribution in [3.05, 3.63) is 182 Å². The maximum absolute atomic E-state index is 13.0. The molecule has 0 aliphatic heterocycles. The molecule has 9 heteroatoms. The van der Waals surface area contributed by atoms with Crippen LogP contribution in [0.5, 0.6) is 0 Å². The largest absolute Gasteiger partial charge is 0.756 e. The molecule has 0 spiro atoms. The fourth-order valence-electron chi connectivity index (χ4n) is 9.70. The average Bonchev–Trinajstić information content (AvgIpc) is 3.58. The van der Waals surface area contributed by atoms with Gasteiger partial charge in [-0.25, -0.2) is 0 Å². The molecule has 0 saturated carbocycles. The summed E-state index contributed by atoms with van der Waals surface area (Å²) in [6, 6.07) is -0.950. The SMILES string of the molecule is CC/C=C\C/C=C\C/C=C\C/C=C\C/C=C\C/C=C\C/C=C\C/C=C\C/C=C\C/C=C\C/C=C\C/C=C\CCCCC(=O)NC(COP(=O)([O-])OCC[N+](C)(C)C)C(O)/C=C/CC/C=C/CC/C=C/CCCCCCCCCCCCCCCCCCCCCC. The maximum atomic E-state index is 13.0. The molecular formula is C82H137N2O6P. The number of unbranched alkanes of at least 4 members (excludes halogenated alkanes) is 24. The van der Waals surface area contributed by atoms with E-state index in [1.54, 1.807) is 6.08 Å². The molecule has 0 fully saturated rings. The highest BCUT2D eigenvalue weighted by atomic mass is 31.2. The number of phosphoric acid groups is 1. The molecule has 91 heavy (non-hydrogen) atoms. The van der Waals surface area contributed by atoms with Gasteiger partial charge in [-0.2, -0.15) is 0 Å². The number of nitrogens with one attached hydrogen (secondary N) is 1. The molecule has 3 atom stereocenters. The lowest BCUT2D eigenvalue weighted by molar-refractivity contribution is -0.870. The van der Waals surface area contributed by atoms with E-state index in [0.29, 0.717) is 23.9 Å². The lowest BCUT2D eigenvalue weighted by Gasteiger charge is -2.29. The standard InChI is InChI=1S/C82H137N2O6P/c1-6-8-10-12-14-16-18-20-22-24-26-28-30-32-34-36-38-39-40-41-42-43-44-45-46-48-50-52-54-56-58-60-62-64-66-68-70-72-74-76-82(86)83-80(79-90-91(87,88)89-78-77-84(3,4)5)81(85)75-73-71-69-67-65-63-61-59-57-55-53-51-49-47-37-35-33-31-29-27-25-23-21-19-17-15-13-11-9-7-2/h8,10,14,16,20,22,26,28,32,34,38-39,41-42,44-45,48,50,54,56-57,59-60,62,65-68,73,75,80-81,85H,6-7,9,11-13,15,17-19,21,23-25,27,29-31,33,35-37,40,43,46-47,49,51-53,55,58,61,63-64,69-72,74,76-79H2,1-5H3,(H-,83,86,87,88)/b10-8-,16-14-,22-20-,28-26-,34-32-,39-38-,42-41-,45-44-,50-48-,56-54-,59-57+,62-60-,67-65+,68-66-,75-73+. The summed E-state index contributed by atoms with van der Waals surface area (Å²) in [5.74, 6) is -0.259. The molecule has 8 nitrogen and oxygen atoms in total. The summed E-state index contributed by atoms with van der Waals surface area (Å²) in [5, 5.41) is 13.9. The minimum Gasteiger partial charge on any atom is -0.756 e. The van der Waals surface area contributed by atoms with Gasteiger partial charge in [0.05, 0.1) is 39.9 Å². The molecule has 0 bridgehead atoms. The monoisotopic (exact) mass is 1280 g/mol. The Morgan fingerprint density at radius 2 is 0.681 bits per heavy atom. The molecule has 0 radical (unpaired) electrons. The first kappa shape index (κ1) is 86.6. The number of carbonyl (C=O) groups is 1. The molecule has 0 rings (SSSR count). The van der Waals surface area contributed by atoms with E-state index in [0.717, 1.165) is 109 Å². The van der Waals surface area contributed by atoms with Gasteiger partial charge in [-0.15, -0.1) is 0 Å². The first-order chi connectivity index (χ1) is 44.5. The van der Waals surface area contributed by atoms with Crippen molar-refractivity contribution in [1.82, 2.24) is 5.32 Å². The number of phosphoric ester groups is 1. The fourth-order valence-corrected chi connectivity index (χ4v) is 10.4. The van der Waals surface area contributed by atoms with Gasteiger partial charge < -0.3 is 28.8 Å². The highest BCUT2D eigenvalue weighted by Crippen LogP contribution is 2.38. The summed E-state index contributed by atoms with van der Waals surface area (Å²) in [5.41, 5.74) is 0. The molecule has 0 heterocycles. The molecule has 516 valence electrons. The average molecular weight is 1280 g/mol. The van der Waals surface area contributed by atoms with Gasteiger partial charge in [-0.1, -0.05) is 318 Å². The van der Waals surface area contributed by atoms with Crippen molar-refractivity contribution in [1.29, 1.82) is 0 Å². The van der Waals surface area contributed by atoms with Crippen LogP contribution in [-0.2, 0) is 18.4 Å². The van der Waals surface area contributed by atoms with Crippen molar-refractivity contribution in [2.45, 2.75) is 289 Å². The number of quaternary nitrogens is 1. The second-order valence-corrected chi connectivity index (χ2v) is 26.6. The van der Waals surface area contributed by atoms with Crippen LogP contribution in [0.25, 0.3) is 0 Å². The Balaban J connectivity index is 4.28. The molecule has 2 N–H and O–H groups in total. The lowest BCUT2D eigenvalue weighted by atomic mass is 10.0. The van der Waals surface area contributed by atoms with Crippen LogP contribution in [0.4, 0.5) is 0 Å². The number of rotatable bonds is 65. The van der Waals surface area contributed by atoms with Crippen LogP contribution in [0.1, 0.15) is 277 Å². The van der Waals surface area contributed by atoms with Crippen LogP contribution >= 0.6 is 7.82 Å². The Hall–Kier alpha value is -4.40. The van der Waals surface area contributed by atoms with Gasteiger partial charge in [-0.3, -0.25) is 9.36 Å². The summed E-state index contributed by atoms with van der Waals surface area (Å²) >= 11 is 0. The van der Waals surface area contributed by atoms with Gasteiger partial charge in [0.15, 0.2) is 0 Å². The van der Waals surface area contributed by atoms with Crippen molar-refractivity contribution >= 4 is 13.7 Å². The number of aliphatic hydroxyl groups is 1. The Morgan fingerprint density at radius 1 is 0.396 bits per heavy atom. The molecule has 3 unspecified atom stereocenters. The second-order valence-electron chi connectivity index (χ2n) is 25.2. The van der Waals surface area contributed by atoms with E-state index in [1.807, 2.05) is 27.2 Å². The zero-order chi connectivity index (χ0) is 66.2. The smallest absolute Gasteiger partial charge is 0.268 e. The summed E-state index contributed by atoms with van der Waals surface area (Å²) in [4.78, 5) is 25.6. The maximum Gasteiger partial charge on any atom is 0.268 e. The molecule has 0 aromatic rings. The number of aliphatic hydroxyl groups excluding tert-OH is 1. The second kappa shape index (κ2) is 69.9. The Bertz CT molecular complexity index is 2140. The van der Waals surface area contributed by atoms with Gasteiger partial charge in [0, 0.05) is 6.42 Å². The molecule has 0 saturated heterocycles. The number of nitrogens with zero attached hydrogens (tertiary/aromatic N) is 1. The van der Waals surface area contributed by atoms with Crippen molar-refractivity contribution in [3.8, 4) is 0 Å². The van der Waals surface area contributed by atoms with Crippen LogP contribution in [-0.4, -0.2) is 68.5 Å². The first-order valence-corrected chi connectivity index (χ1v) is 38.1. The molecule has 0 aromatic carbocycles. The van der Waals surface area contributed by atoms with Gasteiger partial charge in [0.1, 0.15) is 13.2 Å². The Morgan fingerprint density at radius 3 is 1.02 bits per heavy atom. The Labute approximate surface area is 561 Å². The predicted octanol–water partition coefficient (Wildman–Crippen LogP) is 23.4. The fraction of sp³-hybridized carbons (Fsp3) is 0.622. The number of allylic oxidation sites excluding steroid dienone is 29. The third-order valence-corrected chi connectivity index (χ3v) is 16.3. The van der Waals surface area contributed by atoms with Crippen LogP contribution in [0.3, 0.4) is 0 Å². The van der Waals surface area contributed by atoms with Crippen LogP contribution < -0.4 is 10.2 Å². The number of likely N-dealkylation sites (N-methyl/N-ethyl adjacent to an activating group) is 1. The number of amides is 1. The van der Waals surface area contributed by atoms with E-state index in [9.17, 15) is 19.4 Å².